The number of unbranched alkanes of at least 4 members (excludes halogenated alkanes) is 2. The predicted octanol–water partition coefficient (Wildman–Crippen LogP) is 4.06. The Morgan fingerprint density at radius 2 is 1.91 bits per heavy atom. The number of carbonyl (C=O) groups is 1. The molecule has 2 heterocycles. The first-order chi connectivity index (χ1) is 16.1. The summed E-state index contributed by atoms with van der Waals surface area (Å²) in [5, 5.41) is 4.02. The summed E-state index contributed by atoms with van der Waals surface area (Å²) in [5.41, 5.74) is 9.61. The number of carbonyl (C=O) groups excluding carboxylic acids is 1. The van der Waals surface area contributed by atoms with Crippen LogP contribution in [0, 0.1) is 0 Å². The van der Waals surface area contributed by atoms with Crippen LogP contribution in [0.2, 0.25) is 0 Å². The Kier molecular flexibility index (Phi) is 6.92. The molecule has 33 heavy (non-hydrogen) atoms. The van der Waals surface area contributed by atoms with Crippen LogP contribution in [0.5, 0.6) is 11.5 Å². The molecule has 0 aliphatic carbocycles. The molecule has 172 valence electrons. The Morgan fingerprint density at radius 3 is 2.73 bits per heavy atom. The minimum Gasteiger partial charge on any atom is -0.493 e. The number of imidazole rings is 1. The maximum atomic E-state index is 12.3. The highest BCUT2D eigenvalue weighted by atomic mass is 16.5. The van der Waals surface area contributed by atoms with Crippen LogP contribution in [-0.4, -0.2) is 34.7 Å². The smallest absolute Gasteiger partial charge is 0.220 e. The van der Waals surface area contributed by atoms with Gasteiger partial charge in [-0.05, 0) is 25.0 Å². The van der Waals surface area contributed by atoms with Crippen LogP contribution in [0.4, 0.5) is 5.82 Å². The number of benzene rings is 2. The zero-order valence-corrected chi connectivity index (χ0v) is 19.0. The highest BCUT2D eigenvalue weighted by Crippen LogP contribution is 2.30. The van der Waals surface area contributed by atoms with Crippen LogP contribution in [-0.2, 0) is 17.9 Å². The number of nitrogens with zero attached hydrogens (tertiary/aromatic N) is 3. The summed E-state index contributed by atoms with van der Waals surface area (Å²) in [4.78, 5) is 21.2. The fourth-order valence-corrected chi connectivity index (χ4v) is 4.10. The van der Waals surface area contributed by atoms with Crippen molar-refractivity contribution in [2.75, 3.05) is 20.0 Å². The zero-order chi connectivity index (χ0) is 23.2. The maximum Gasteiger partial charge on any atom is 0.220 e. The number of hydrogen-bond acceptors (Lipinski definition) is 6. The van der Waals surface area contributed by atoms with Crippen molar-refractivity contribution >= 4 is 33.7 Å². The number of pyridine rings is 1. The van der Waals surface area contributed by atoms with Crippen molar-refractivity contribution in [3.05, 3.63) is 54.4 Å². The van der Waals surface area contributed by atoms with Gasteiger partial charge in [0.1, 0.15) is 5.52 Å². The van der Waals surface area contributed by atoms with Gasteiger partial charge in [0.05, 0.1) is 31.6 Å². The second kappa shape index (κ2) is 10.2. The van der Waals surface area contributed by atoms with E-state index < -0.39 is 0 Å². The lowest BCUT2D eigenvalue weighted by Crippen LogP contribution is -2.22. The first kappa shape index (κ1) is 22.4. The maximum absolute atomic E-state index is 12.3. The lowest BCUT2D eigenvalue weighted by atomic mass is 10.1. The number of nitrogens with one attached hydrogen (secondary N) is 1. The van der Waals surface area contributed by atoms with Crippen molar-refractivity contribution in [1.29, 1.82) is 0 Å². The number of ether oxygens (including phenoxy) is 2. The van der Waals surface area contributed by atoms with E-state index in [1.165, 1.54) is 0 Å². The molecule has 0 aliphatic heterocycles. The number of rotatable bonds is 10. The molecule has 0 unspecified atom stereocenters. The summed E-state index contributed by atoms with van der Waals surface area (Å²) in [5.74, 6) is 1.78. The van der Waals surface area contributed by atoms with E-state index in [2.05, 4.69) is 19.9 Å². The number of anilines is 1. The summed E-state index contributed by atoms with van der Waals surface area (Å²) in [7, 11) is 3.20. The molecule has 3 N–H and O–H groups in total. The van der Waals surface area contributed by atoms with E-state index in [4.69, 9.17) is 15.2 Å². The third-order valence-corrected chi connectivity index (χ3v) is 5.74. The minimum absolute atomic E-state index is 0.0257. The number of methoxy groups -OCH3 is 2. The van der Waals surface area contributed by atoms with Gasteiger partial charge in [0.15, 0.2) is 17.3 Å². The summed E-state index contributed by atoms with van der Waals surface area (Å²) >= 11 is 0. The van der Waals surface area contributed by atoms with Crippen LogP contribution in [0.1, 0.15) is 31.2 Å². The molecule has 0 aliphatic rings. The second-order valence-corrected chi connectivity index (χ2v) is 7.89. The van der Waals surface area contributed by atoms with Gasteiger partial charge in [-0.25, -0.2) is 9.97 Å². The van der Waals surface area contributed by atoms with Crippen molar-refractivity contribution in [3.8, 4) is 11.5 Å². The molecular formula is C25H29N5O3. The number of aromatic nitrogens is 3. The van der Waals surface area contributed by atoms with Crippen LogP contribution in [0.25, 0.3) is 21.9 Å². The van der Waals surface area contributed by atoms with Gasteiger partial charge in [-0.15, -0.1) is 0 Å². The molecule has 0 radical (unpaired) electrons. The number of hydrogen-bond donors (Lipinski definition) is 2. The molecule has 4 rings (SSSR count). The topological polar surface area (TPSA) is 104 Å². The van der Waals surface area contributed by atoms with E-state index in [1.54, 1.807) is 14.2 Å². The summed E-state index contributed by atoms with van der Waals surface area (Å²) in [6, 6.07) is 13.6. The van der Waals surface area contributed by atoms with Gasteiger partial charge in [-0.2, -0.15) is 0 Å². The number of nitrogens with two attached hydrogens (primary N) is 1. The standard InChI is InChI=1S/C25H29N5O3/c1-32-20-12-8-9-17(24(20)33-2)15-27-21(31)13-4-3-7-14-30-16-28-22-23(30)18-10-5-6-11-19(18)29-25(22)26/h5-6,8-12,16H,3-4,7,13-15H2,1-2H3,(H2,26,29)(H,27,31). The SMILES string of the molecule is COc1cccc(CNC(=O)CCCCCn2cnc3c(N)nc4ccccc4c32)c1OC. The Labute approximate surface area is 192 Å². The van der Waals surface area contributed by atoms with Gasteiger partial charge in [0, 0.05) is 30.5 Å². The zero-order valence-electron chi connectivity index (χ0n) is 19.0. The molecule has 2 aromatic carbocycles. The Hall–Kier alpha value is -3.81. The van der Waals surface area contributed by atoms with Crippen molar-refractivity contribution in [2.24, 2.45) is 0 Å². The van der Waals surface area contributed by atoms with Gasteiger partial charge in [-0.1, -0.05) is 36.8 Å². The molecule has 4 aromatic rings. The monoisotopic (exact) mass is 447 g/mol. The molecule has 0 saturated heterocycles. The molecule has 0 bridgehead atoms. The van der Waals surface area contributed by atoms with E-state index in [1.807, 2.05) is 48.8 Å². The quantitative estimate of drug-likeness (QED) is 0.355. The average molecular weight is 448 g/mol. The van der Waals surface area contributed by atoms with Crippen LogP contribution < -0.4 is 20.5 Å². The number of aryl methyl sites for hydroxylation is 1. The van der Waals surface area contributed by atoms with Crippen LogP contribution >= 0.6 is 0 Å². The number of amides is 1. The Balaban J connectivity index is 1.27. The van der Waals surface area contributed by atoms with Gasteiger partial charge in [-0.3, -0.25) is 4.79 Å². The number of nitrogen functional groups attached to an aromatic ring is 1. The molecule has 8 heteroatoms. The normalized spacial score (nSPS) is 11.1. The largest absolute Gasteiger partial charge is 0.493 e. The van der Waals surface area contributed by atoms with Gasteiger partial charge >= 0.3 is 0 Å². The van der Waals surface area contributed by atoms with E-state index in [9.17, 15) is 4.79 Å². The van der Waals surface area contributed by atoms with Gasteiger partial charge < -0.3 is 25.1 Å². The summed E-state index contributed by atoms with van der Waals surface area (Å²) in [6.45, 7) is 1.22. The summed E-state index contributed by atoms with van der Waals surface area (Å²) < 4.78 is 12.9. The van der Waals surface area contributed by atoms with E-state index in [-0.39, 0.29) is 5.91 Å². The van der Waals surface area contributed by atoms with Crippen LogP contribution in [0.3, 0.4) is 0 Å². The fourth-order valence-electron chi connectivity index (χ4n) is 4.10. The van der Waals surface area contributed by atoms with Crippen molar-refractivity contribution < 1.29 is 14.3 Å². The first-order valence-corrected chi connectivity index (χ1v) is 11.1. The lowest BCUT2D eigenvalue weighted by molar-refractivity contribution is -0.121. The Bertz CT molecular complexity index is 1270. The van der Waals surface area contributed by atoms with Gasteiger partial charge in [0.2, 0.25) is 5.91 Å². The highest BCUT2D eigenvalue weighted by Gasteiger charge is 2.13. The fraction of sp³-hybridized carbons (Fsp3) is 0.320. The summed E-state index contributed by atoms with van der Waals surface area (Å²) in [6.07, 6.45) is 5.01. The van der Waals surface area contributed by atoms with Crippen LogP contribution in [0.15, 0.2) is 48.8 Å². The van der Waals surface area contributed by atoms with Crippen molar-refractivity contribution in [2.45, 2.75) is 38.8 Å². The molecule has 0 spiro atoms. The van der Waals surface area contributed by atoms with E-state index >= 15 is 0 Å². The van der Waals surface area contributed by atoms with E-state index in [0.717, 1.165) is 53.3 Å². The van der Waals surface area contributed by atoms with Crippen molar-refractivity contribution in [3.63, 3.8) is 0 Å². The molecule has 2 aromatic heterocycles. The third kappa shape index (κ3) is 4.84. The Morgan fingerprint density at radius 1 is 1.06 bits per heavy atom. The predicted molar refractivity (Wildman–Crippen MR) is 129 cm³/mol. The number of fused-ring (bicyclic) bond motifs is 3. The molecular weight excluding hydrogens is 418 g/mol. The minimum atomic E-state index is 0.0257. The van der Waals surface area contributed by atoms with E-state index in [0.29, 0.717) is 30.3 Å². The lowest BCUT2D eigenvalue weighted by Gasteiger charge is -2.13. The molecule has 0 atom stereocenters. The molecule has 0 fully saturated rings. The average Bonchev–Trinajstić information content (AvgIpc) is 3.27. The third-order valence-electron chi connectivity index (χ3n) is 5.74. The highest BCUT2D eigenvalue weighted by molar-refractivity contribution is 6.06. The molecule has 1 amide bonds. The van der Waals surface area contributed by atoms with Crippen molar-refractivity contribution in [1.82, 2.24) is 19.9 Å². The molecule has 0 saturated carbocycles. The van der Waals surface area contributed by atoms with Gasteiger partial charge in [0.25, 0.3) is 0 Å². The second-order valence-electron chi connectivity index (χ2n) is 7.89. The number of para-hydroxylation sites is 2. The first-order valence-electron chi connectivity index (χ1n) is 11.1. The molecule has 8 nitrogen and oxygen atoms in total.